The van der Waals surface area contributed by atoms with Crippen LogP contribution in [0.2, 0.25) is 0 Å². The Balaban J connectivity index is 0.654. The summed E-state index contributed by atoms with van der Waals surface area (Å²) in [6.45, 7) is 14.5. The third kappa shape index (κ3) is 10.5. The summed E-state index contributed by atoms with van der Waals surface area (Å²) in [5.74, 6) is 1.79. The molecule has 7 fully saturated rings. The van der Waals surface area contributed by atoms with Crippen molar-refractivity contribution < 1.29 is 47.3 Å². The molecule has 13 rings (SSSR count). The number of carbonyl (C=O) groups excluding carboxylic acids is 5. The summed E-state index contributed by atoms with van der Waals surface area (Å²) in [6.07, 6.45) is 16.0. The topological polar surface area (TPSA) is 192 Å². The number of ether oxygens (including phenoxy) is 4. The van der Waals surface area contributed by atoms with Crippen LogP contribution in [0.5, 0.6) is 11.8 Å². The number of methoxy groups -OCH3 is 1. The Morgan fingerprint density at radius 1 is 0.843 bits per heavy atom. The molecule has 5 saturated heterocycles. The van der Waals surface area contributed by atoms with Crippen molar-refractivity contribution in [2.24, 2.45) is 16.7 Å². The minimum atomic E-state index is -0.985. The highest BCUT2D eigenvalue weighted by atomic mass is 19.1. The molecule has 19 nitrogen and oxygen atoms in total. The van der Waals surface area contributed by atoms with Crippen LogP contribution in [0.15, 0.2) is 54.7 Å². The maximum Gasteiger partial charge on any atom is 0.410 e. The van der Waals surface area contributed by atoms with Gasteiger partial charge in [-0.3, -0.25) is 44.2 Å². The highest BCUT2D eigenvalue weighted by Gasteiger charge is 2.51. The SMILES string of the molecule is C#Cc1cccc2cc(OCOC)cc(-c3ncc4c(N5CC6CCC(C5)N6C(=O)OC(C)(C)C)nc(OCC5(CN6CCC7(CC6)CC(CN6CCN(c8ccc9c(c8)C(=O)N(C8CCC(=O)NC8=O)C9=O)CC6)C7)CC5)nc4c3F)c12. The van der Waals surface area contributed by atoms with Gasteiger partial charge in [0.2, 0.25) is 11.8 Å². The number of anilines is 2. The van der Waals surface area contributed by atoms with Gasteiger partial charge in [-0.1, -0.05) is 18.1 Å². The van der Waals surface area contributed by atoms with Crippen LogP contribution in [0.3, 0.4) is 0 Å². The number of piperazine rings is 2. The first-order valence-electron chi connectivity index (χ1n) is 29.4. The van der Waals surface area contributed by atoms with Gasteiger partial charge < -0.3 is 33.6 Å². The Labute approximate surface area is 482 Å². The molecule has 0 radical (unpaired) electrons. The maximum absolute atomic E-state index is 17.7. The number of nitrogens with zero attached hydrogens (tertiary/aromatic N) is 9. The number of hydrogen-bond acceptors (Lipinski definition) is 16. The van der Waals surface area contributed by atoms with Crippen molar-refractivity contribution in [1.29, 1.82) is 0 Å². The van der Waals surface area contributed by atoms with Gasteiger partial charge in [-0.15, -0.1) is 6.42 Å². The van der Waals surface area contributed by atoms with Gasteiger partial charge >= 0.3 is 12.1 Å². The van der Waals surface area contributed by atoms with E-state index in [-0.39, 0.29) is 60.4 Å². The Hall–Kier alpha value is -7.47. The number of aromatic nitrogens is 3. The van der Waals surface area contributed by atoms with Crippen molar-refractivity contribution >= 4 is 62.9 Å². The predicted octanol–water partition coefficient (Wildman–Crippen LogP) is 7.41. The molecular weight excluding hydrogens is 1060 g/mol. The van der Waals surface area contributed by atoms with Crippen LogP contribution in [0.4, 0.5) is 20.7 Å². The first kappa shape index (κ1) is 54.8. The molecule has 2 aromatic heterocycles. The Morgan fingerprint density at radius 2 is 1.59 bits per heavy atom. The molecule has 3 unspecified atom stereocenters. The van der Waals surface area contributed by atoms with Crippen molar-refractivity contribution in [3.05, 3.63) is 77.2 Å². The molecule has 2 bridgehead atoms. The molecule has 5 amide bonds. The van der Waals surface area contributed by atoms with E-state index in [4.69, 9.17) is 40.3 Å². The van der Waals surface area contributed by atoms with Crippen molar-refractivity contribution in [3.8, 4) is 35.4 Å². The van der Waals surface area contributed by atoms with E-state index in [9.17, 15) is 24.0 Å². The van der Waals surface area contributed by atoms with Gasteiger partial charge in [0.1, 0.15) is 34.4 Å². The normalized spacial score (nSPS) is 23.4. The third-order valence-electron chi connectivity index (χ3n) is 18.8. The fraction of sp³-hybridized carbons (Fsp3) is 0.524. The van der Waals surface area contributed by atoms with E-state index in [1.165, 1.54) is 32.8 Å². The Bertz CT molecular complexity index is 3490. The maximum atomic E-state index is 17.7. The average Bonchev–Trinajstić information content (AvgIpc) is 2.80. The largest absolute Gasteiger partial charge is 0.468 e. The second kappa shape index (κ2) is 21.3. The predicted molar refractivity (Wildman–Crippen MR) is 308 cm³/mol. The average molecular weight is 1130 g/mol. The van der Waals surface area contributed by atoms with Gasteiger partial charge in [0, 0.05) is 99.7 Å². The number of nitrogens with one attached hydrogen (secondary N) is 1. The van der Waals surface area contributed by atoms with Gasteiger partial charge in [0.05, 0.1) is 35.2 Å². The number of rotatable bonds is 14. The molecule has 6 aliphatic heterocycles. The van der Waals surface area contributed by atoms with Crippen LogP contribution in [0.25, 0.3) is 32.9 Å². The highest BCUT2D eigenvalue weighted by molar-refractivity contribution is 6.23. The first-order chi connectivity index (χ1) is 40.0. The molecule has 1 spiro atoms. The summed E-state index contributed by atoms with van der Waals surface area (Å²) >= 11 is 0. The van der Waals surface area contributed by atoms with Gasteiger partial charge in [0.25, 0.3) is 11.8 Å². The summed E-state index contributed by atoms with van der Waals surface area (Å²) in [5, 5.41) is 4.12. The molecule has 5 aromatic rings. The molecule has 2 saturated carbocycles. The van der Waals surface area contributed by atoms with E-state index >= 15 is 4.39 Å². The number of pyridine rings is 1. The number of benzene rings is 3. The minimum Gasteiger partial charge on any atom is -0.468 e. The highest BCUT2D eigenvalue weighted by Crippen LogP contribution is 2.54. The molecule has 8 heterocycles. The minimum absolute atomic E-state index is 0.00572. The molecule has 3 aromatic carbocycles. The van der Waals surface area contributed by atoms with Crippen LogP contribution in [0.1, 0.15) is 111 Å². The van der Waals surface area contributed by atoms with E-state index in [0.29, 0.717) is 75.6 Å². The van der Waals surface area contributed by atoms with E-state index in [1.807, 2.05) is 56.0 Å². The lowest BCUT2D eigenvalue weighted by Gasteiger charge is -2.54. The Morgan fingerprint density at radius 3 is 2.29 bits per heavy atom. The molecule has 2 aliphatic carbocycles. The summed E-state index contributed by atoms with van der Waals surface area (Å²) in [4.78, 5) is 91.8. The Kier molecular flexibility index (Phi) is 14.1. The van der Waals surface area contributed by atoms with Crippen LogP contribution < -0.4 is 24.6 Å². The lowest BCUT2D eigenvalue weighted by atomic mass is 9.57. The molecular formula is C63H71FN10O9. The van der Waals surface area contributed by atoms with Crippen molar-refractivity contribution in [2.45, 2.75) is 109 Å². The zero-order chi connectivity index (χ0) is 57.5. The summed E-state index contributed by atoms with van der Waals surface area (Å²) in [5.41, 5.74) is 2.35. The summed E-state index contributed by atoms with van der Waals surface area (Å²) < 4.78 is 41.3. The van der Waals surface area contributed by atoms with Gasteiger partial charge in [-0.2, -0.15) is 9.97 Å². The summed E-state index contributed by atoms with van der Waals surface area (Å²) in [6, 6.07) is 13.4. The number of piperidine rings is 2. The molecule has 8 aliphatic rings. The molecule has 83 heavy (non-hydrogen) atoms. The van der Waals surface area contributed by atoms with Gasteiger partial charge in [0.15, 0.2) is 12.6 Å². The number of carbonyl (C=O) groups is 5. The number of fused-ring (bicyclic) bond motifs is 5. The van der Waals surface area contributed by atoms with Crippen molar-refractivity contribution in [2.75, 3.05) is 95.8 Å². The lowest BCUT2D eigenvalue weighted by molar-refractivity contribution is -0.136. The third-order valence-corrected chi connectivity index (χ3v) is 18.8. The smallest absolute Gasteiger partial charge is 0.410 e. The summed E-state index contributed by atoms with van der Waals surface area (Å²) in [7, 11) is 1.54. The van der Waals surface area contributed by atoms with E-state index < -0.39 is 41.1 Å². The standard InChI is InChI=1S/C63H71FN10O9/c1-6-39-8-7-9-40-26-44(82-37-80-5)28-47(51(39)40)53-52(64)54-48(31-65-53)55(72-33-42-10-11-43(34-72)73(42)60(79)83-61(2,3)4)68-59(67-54)81-36-63(16-17-63)35-70-20-18-62(19-21-70)29-38(30-62)32-69-22-24-71(25-23-69)41-12-13-45-46(27-41)58(78)74(57(45)77)49-14-15-50(75)66-56(49)76/h1,7-9,12-13,26-28,31,38,42-43,49H,10-11,14-25,29-30,32-37H2,2-5H3,(H,66,75,76). The molecule has 434 valence electrons. The number of amides is 5. The van der Waals surface area contributed by atoms with Crippen LogP contribution >= 0.6 is 0 Å². The number of hydrogen-bond donors (Lipinski definition) is 1. The zero-order valence-electron chi connectivity index (χ0n) is 47.7. The van der Waals surface area contributed by atoms with E-state index in [0.717, 1.165) is 94.0 Å². The lowest BCUT2D eigenvalue weighted by Crippen LogP contribution is -2.57. The fourth-order valence-corrected chi connectivity index (χ4v) is 14.4. The van der Waals surface area contributed by atoms with Crippen molar-refractivity contribution in [3.63, 3.8) is 0 Å². The number of likely N-dealkylation sites (tertiary alicyclic amines) is 1. The monoisotopic (exact) mass is 1130 g/mol. The van der Waals surface area contributed by atoms with Crippen molar-refractivity contribution in [1.82, 2.24) is 39.9 Å². The number of halogens is 1. The van der Waals surface area contributed by atoms with Crippen LogP contribution in [0, 0.1) is 34.9 Å². The number of terminal acetylenes is 1. The van der Waals surface area contributed by atoms with Crippen LogP contribution in [-0.4, -0.2) is 174 Å². The fourth-order valence-electron chi connectivity index (χ4n) is 14.4. The quantitative estimate of drug-likeness (QED) is 0.0656. The van der Waals surface area contributed by atoms with Crippen LogP contribution in [-0.2, 0) is 19.1 Å². The molecule has 1 N–H and O–H groups in total. The number of imide groups is 2. The van der Waals surface area contributed by atoms with Gasteiger partial charge in [-0.05, 0) is 145 Å². The second-order valence-electron chi connectivity index (χ2n) is 25.6. The first-order valence-corrected chi connectivity index (χ1v) is 29.4. The van der Waals surface area contributed by atoms with E-state index in [2.05, 4.69) is 30.8 Å². The second-order valence-corrected chi connectivity index (χ2v) is 25.6. The van der Waals surface area contributed by atoms with Gasteiger partial charge in [-0.25, -0.2) is 9.18 Å². The van der Waals surface area contributed by atoms with E-state index in [1.54, 1.807) is 24.4 Å². The molecule has 20 heteroatoms. The molecule has 3 atom stereocenters. The zero-order valence-corrected chi connectivity index (χ0v) is 47.7.